The van der Waals surface area contributed by atoms with Gasteiger partial charge in [-0.05, 0) is 30.4 Å². The largest absolute Gasteiger partial charge is 0.496 e. The van der Waals surface area contributed by atoms with Crippen LogP contribution in [0.15, 0.2) is 12.1 Å². The van der Waals surface area contributed by atoms with Crippen molar-refractivity contribution in [2.24, 2.45) is 0 Å². The van der Waals surface area contributed by atoms with Crippen molar-refractivity contribution in [2.45, 2.75) is 57.3 Å². The minimum atomic E-state index is -0.944. The van der Waals surface area contributed by atoms with Crippen molar-refractivity contribution >= 4 is 5.97 Å². The topological polar surface area (TPSA) is 46.5 Å². The average Bonchev–Trinajstić information content (AvgIpc) is 2.46. The summed E-state index contributed by atoms with van der Waals surface area (Å²) in [5, 5.41) is 9.81. The lowest BCUT2D eigenvalue weighted by Gasteiger charge is -2.35. The highest BCUT2D eigenvalue weighted by molar-refractivity contribution is 5.82. The van der Waals surface area contributed by atoms with E-state index in [0.717, 1.165) is 19.3 Å². The van der Waals surface area contributed by atoms with Gasteiger partial charge in [0.05, 0.1) is 12.5 Å². The van der Waals surface area contributed by atoms with E-state index in [9.17, 15) is 14.3 Å². The number of halogens is 1. The van der Waals surface area contributed by atoms with Crippen LogP contribution in [0.2, 0.25) is 0 Å². The van der Waals surface area contributed by atoms with Crippen LogP contribution in [0.1, 0.15) is 63.0 Å². The third-order valence-electron chi connectivity index (χ3n) is 4.57. The molecule has 0 aromatic heterocycles. The molecule has 3 nitrogen and oxygen atoms in total. The Morgan fingerprint density at radius 1 is 1.29 bits per heavy atom. The molecule has 0 amide bonds. The number of carboxylic acid groups (broad SMARTS) is 1. The summed E-state index contributed by atoms with van der Waals surface area (Å²) in [5.74, 6) is -0.811. The molecule has 1 aliphatic carbocycles. The van der Waals surface area contributed by atoms with Gasteiger partial charge in [0.25, 0.3) is 0 Å². The Bertz CT molecular complexity index is 531. The Morgan fingerprint density at radius 2 is 1.90 bits per heavy atom. The van der Waals surface area contributed by atoms with E-state index in [1.807, 2.05) is 13.8 Å². The first kappa shape index (κ1) is 15.8. The second-order valence-corrected chi connectivity index (χ2v) is 6.18. The highest BCUT2D eigenvalue weighted by Crippen LogP contribution is 2.45. The first-order chi connectivity index (χ1) is 9.92. The van der Waals surface area contributed by atoms with Crippen molar-refractivity contribution in [3.8, 4) is 5.75 Å². The Labute approximate surface area is 125 Å². The van der Waals surface area contributed by atoms with Crippen LogP contribution in [0.25, 0.3) is 0 Å². The van der Waals surface area contributed by atoms with E-state index in [-0.39, 0.29) is 11.7 Å². The second kappa shape index (κ2) is 6.04. The monoisotopic (exact) mass is 294 g/mol. The summed E-state index contributed by atoms with van der Waals surface area (Å²) in [6, 6.07) is 3.04. The van der Waals surface area contributed by atoms with Crippen LogP contribution in [0.5, 0.6) is 5.75 Å². The zero-order chi connectivity index (χ0) is 15.6. The Morgan fingerprint density at radius 3 is 2.38 bits per heavy atom. The van der Waals surface area contributed by atoms with Crippen molar-refractivity contribution in [1.82, 2.24) is 0 Å². The summed E-state index contributed by atoms with van der Waals surface area (Å²) >= 11 is 0. The van der Waals surface area contributed by atoms with Gasteiger partial charge in [0.15, 0.2) is 0 Å². The van der Waals surface area contributed by atoms with Crippen LogP contribution in [0.4, 0.5) is 4.39 Å². The Hall–Kier alpha value is -1.58. The number of aliphatic carboxylic acids is 1. The number of carboxylic acids is 1. The van der Waals surface area contributed by atoms with Crippen LogP contribution >= 0.6 is 0 Å². The van der Waals surface area contributed by atoms with Gasteiger partial charge < -0.3 is 9.84 Å². The number of benzene rings is 1. The summed E-state index contributed by atoms with van der Waals surface area (Å²) in [7, 11) is 1.46. The number of carbonyl (C=O) groups is 1. The zero-order valence-electron chi connectivity index (χ0n) is 12.9. The van der Waals surface area contributed by atoms with Gasteiger partial charge in [-0.25, -0.2) is 4.39 Å². The summed E-state index contributed by atoms with van der Waals surface area (Å²) in [6.45, 7) is 3.81. The lowest BCUT2D eigenvalue weighted by atomic mass is 9.68. The molecule has 0 saturated heterocycles. The molecule has 4 heteroatoms. The molecule has 1 aromatic rings. The number of hydrogen-bond donors (Lipinski definition) is 1. The van der Waals surface area contributed by atoms with Crippen molar-refractivity contribution in [2.75, 3.05) is 7.11 Å². The SMILES string of the molecule is COc1cc(F)c(C(C)C)cc1C1(C(=O)O)CCCCC1. The van der Waals surface area contributed by atoms with Crippen molar-refractivity contribution in [3.05, 3.63) is 29.1 Å². The van der Waals surface area contributed by atoms with Gasteiger partial charge >= 0.3 is 5.97 Å². The maximum Gasteiger partial charge on any atom is 0.314 e. The van der Waals surface area contributed by atoms with E-state index in [4.69, 9.17) is 4.74 Å². The fraction of sp³-hybridized carbons (Fsp3) is 0.588. The maximum atomic E-state index is 14.1. The number of hydrogen-bond acceptors (Lipinski definition) is 2. The molecule has 21 heavy (non-hydrogen) atoms. The smallest absolute Gasteiger partial charge is 0.314 e. The highest BCUT2D eigenvalue weighted by atomic mass is 19.1. The fourth-order valence-corrected chi connectivity index (χ4v) is 3.31. The molecule has 1 aliphatic rings. The third-order valence-corrected chi connectivity index (χ3v) is 4.57. The van der Waals surface area contributed by atoms with Gasteiger partial charge in [0.2, 0.25) is 0 Å². The van der Waals surface area contributed by atoms with E-state index in [0.29, 0.717) is 29.7 Å². The molecule has 116 valence electrons. The Balaban J connectivity index is 2.63. The zero-order valence-corrected chi connectivity index (χ0v) is 12.9. The molecule has 1 fully saturated rings. The van der Waals surface area contributed by atoms with Gasteiger partial charge in [-0.1, -0.05) is 33.1 Å². The predicted molar refractivity (Wildman–Crippen MR) is 79.4 cm³/mol. The van der Waals surface area contributed by atoms with Gasteiger partial charge in [-0.3, -0.25) is 4.79 Å². The molecule has 1 saturated carbocycles. The van der Waals surface area contributed by atoms with Gasteiger partial charge in [0.1, 0.15) is 11.6 Å². The fourth-order valence-electron chi connectivity index (χ4n) is 3.31. The predicted octanol–water partition coefficient (Wildman–Crippen LogP) is 4.24. The lowest BCUT2D eigenvalue weighted by molar-refractivity contribution is -0.145. The van der Waals surface area contributed by atoms with Crippen LogP contribution in [-0.4, -0.2) is 18.2 Å². The molecule has 0 unspecified atom stereocenters. The van der Waals surface area contributed by atoms with Crippen molar-refractivity contribution in [1.29, 1.82) is 0 Å². The first-order valence-corrected chi connectivity index (χ1v) is 7.53. The summed E-state index contributed by atoms with van der Waals surface area (Å²) < 4.78 is 19.4. The number of rotatable bonds is 4. The van der Waals surface area contributed by atoms with E-state index < -0.39 is 11.4 Å². The van der Waals surface area contributed by atoms with Gasteiger partial charge in [0, 0.05) is 11.6 Å². The van der Waals surface area contributed by atoms with Crippen LogP contribution in [0.3, 0.4) is 0 Å². The van der Waals surface area contributed by atoms with Crippen molar-refractivity contribution in [3.63, 3.8) is 0 Å². The van der Waals surface area contributed by atoms with E-state index in [2.05, 4.69) is 0 Å². The van der Waals surface area contributed by atoms with Crippen LogP contribution in [0, 0.1) is 5.82 Å². The first-order valence-electron chi connectivity index (χ1n) is 7.53. The molecule has 1 aromatic carbocycles. The molecule has 0 aliphatic heterocycles. The molecule has 0 bridgehead atoms. The van der Waals surface area contributed by atoms with Crippen LogP contribution in [-0.2, 0) is 10.2 Å². The number of methoxy groups -OCH3 is 1. The lowest BCUT2D eigenvalue weighted by Crippen LogP contribution is -2.38. The molecule has 0 radical (unpaired) electrons. The normalized spacial score (nSPS) is 17.8. The summed E-state index contributed by atoms with van der Waals surface area (Å²) in [4.78, 5) is 12.0. The van der Waals surface area contributed by atoms with Gasteiger partial charge in [-0.15, -0.1) is 0 Å². The molecular weight excluding hydrogens is 271 g/mol. The second-order valence-electron chi connectivity index (χ2n) is 6.18. The summed E-state index contributed by atoms with van der Waals surface area (Å²) in [6.07, 6.45) is 3.98. The average molecular weight is 294 g/mol. The molecule has 0 spiro atoms. The molecule has 0 heterocycles. The van der Waals surface area contributed by atoms with Gasteiger partial charge in [-0.2, -0.15) is 0 Å². The standard InChI is InChI=1S/C17H23FO3/c1-11(2)12-9-13(15(21-3)10-14(12)18)17(16(19)20)7-5-4-6-8-17/h9-11H,4-8H2,1-3H3,(H,19,20). The Kier molecular flexibility index (Phi) is 4.55. The molecular formula is C17H23FO3. The minimum absolute atomic E-state index is 0.00379. The van der Waals surface area contributed by atoms with E-state index >= 15 is 0 Å². The highest BCUT2D eigenvalue weighted by Gasteiger charge is 2.43. The van der Waals surface area contributed by atoms with E-state index in [1.54, 1.807) is 6.07 Å². The van der Waals surface area contributed by atoms with Crippen LogP contribution < -0.4 is 4.74 Å². The molecule has 0 atom stereocenters. The van der Waals surface area contributed by atoms with Crippen molar-refractivity contribution < 1.29 is 19.0 Å². The van der Waals surface area contributed by atoms with E-state index in [1.165, 1.54) is 13.2 Å². The summed E-state index contributed by atoms with van der Waals surface area (Å²) in [5.41, 5.74) is 0.236. The minimum Gasteiger partial charge on any atom is -0.496 e. The number of ether oxygens (including phenoxy) is 1. The maximum absolute atomic E-state index is 14.1. The third kappa shape index (κ3) is 2.76. The quantitative estimate of drug-likeness (QED) is 0.903. The molecule has 1 N–H and O–H groups in total. The molecule has 2 rings (SSSR count).